The molecule has 0 N–H and O–H groups in total. The number of hydrogen-bond donors (Lipinski definition) is 0. The highest BCUT2D eigenvalue weighted by atomic mass is 16.2. The minimum Gasteiger partial charge on any atom is -0.299 e. The van der Waals surface area contributed by atoms with Crippen molar-refractivity contribution in [2.45, 2.75) is 25.7 Å². The van der Waals surface area contributed by atoms with Gasteiger partial charge in [-0.2, -0.15) is 0 Å². The van der Waals surface area contributed by atoms with Crippen LogP contribution in [-0.4, -0.2) is 17.3 Å². The molecule has 0 aromatic heterocycles. The summed E-state index contributed by atoms with van der Waals surface area (Å²) < 4.78 is 0. The van der Waals surface area contributed by atoms with E-state index in [1.165, 1.54) is 0 Å². The molecule has 0 heterocycles. The molecular formula is C14H14O3. The Morgan fingerprint density at radius 1 is 1.06 bits per heavy atom. The molecule has 0 amide bonds. The molecule has 0 aliphatic heterocycles. The Kier molecular flexibility index (Phi) is 3.47. The third-order valence-electron chi connectivity index (χ3n) is 3.15. The number of hydrogen-bond acceptors (Lipinski definition) is 3. The molecular weight excluding hydrogens is 216 g/mol. The van der Waals surface area contributed by atoms with Gasteiger partial charge in [-0.25, -0.2) is 0 Å². The number of carbonyl (C=O) groups is 3. The molecule has 1 saturated carbocycles. The molecule has 0 unspecified atom stereocenters. The second-order valence-corrected chi connectivity index (χ2v) is 4.31. The van der Waals surface area contributed by atoms with Gasteiger partial charge < -0.3 is 0 Å². The lowest BCUT2D eigenvalue weighted by atomic mass is 9.96. The summed E-state index contributed by atoms with van der Waals surface area (Å²) in [6.07, 6.45) is 1.34. The fraction of sp³-hybridized carbons (Fsp3) is 0.357. The normalized spacial score (nSPS) is 16.5. The van der Waals surface area contributed by atoms with E-state index in [4.69, 9.17) is 0 Å². The Labute approximate surface area is 99.8 Å². The maximum absolute atomic E-state index is 11.8. The summed E-state index contributed by atoms with van der Waals surface area (Å²) in [6, 6.07) is 8.96. The molecule has 1 aromatic carbocycles. The Morgan fingerprint density at radius 2 is 1.65 bits per heavy atom. The van der Waals surface area contributed by atoms with Crippen LogP contribution in [0.15, 0.2) is 30.3 Å². The molecule has 3 heteroatoms. The van der Waals surface area contributed by atoms with Crippen molar-refractivity contribution in [2.24, 2.45) is 5.92 Å². The van der Waals surface area contributed by atoms with Crippen molar-refractivity contribution in [2.75, 3.05) is 0 Å². The zero-order valence-corrected chi connectivity index (χ0v) is 9.52. The second-order valence-electron chi connectivity index (χ2n) is 4.31. The highest BCUT2D eigenvalue weighted by Gasteiger charge is 2.32. The first-order valence-electron chi connectivity index (χ1n) is 5.82. The summed E-state index contributed by atoms with van der Waals surface area (Å²) in [7, 11) is 0. The van der Waals surface area contributed by atoms with Gasteiger partial charge in [0.05, 0.1) is 5.92 Å². The van der Waals surface area contributed by atoms with Gasteiger partial charge in [0.1, 0.15) is 11.6 Å². The van der Waals surface area contributed by atoms with Crippen molar-refractivity contribution < 1.29 is 14.4 Å². The van der Waals surface area contributed by atoms with Gasteiger partial charge in [0.15, 0.2) is 5.78 Å². The van der Waals surface area contributed by atoms with E-state index in [0.29, 0.717) is 24.8 Å². The Bertz CT molecular complexity index is 432. The average molecular weight is 230 g/mol. The molecule has 0 radical (unpaired) electrons. The fourth-order valence-corrected chi connectivity index (χ4v) is 2.14. The number of carbonyl (C=O) groups excluding carboxylic acids is 3. The van der Waals surface area contributed by atoms with E-state index in [2.05, 4.69) is 0 Å². The van der Waals surface area contributed by atoms with Gasteiger partial charge in [-0.1, -0.05) is 30.3 Å². The van der Waals surface area contributed by atoms with Crippen molar-refractivity contribution in [1.82, 2.24) is 0 Å². The lowest BCUT2D eigenvalue weighted by molar-refractivity contribution is -0.127. The van der Waals surface area contributed by atoms with Crippen molar-refractivity contribution >= 4 is 17.3 Å². The zero-order valence-electron chi connectivity index (χ0n) is 9.52. The molecule has 3 nitrogen and oxygen atoms in total. The molecule has 0 saturated heterocycles. The van der Waals surface area contributed by atoms with Crippen LogP contribution < -0.4 is 0 Å². The van der Waals surface area contributed by atoms with Gasteiger partial charge in [0.25, 0.3) is 0 Å². The first-order valence-corrected chi connectivity index (χ1v) is 5.82. The molecule has 0 atom stereocenters. The van der Waals surface area contributed by atoms with Crippen LogP contribution >= 0.6 is 0 Å². The van der Waals surface area contributed by atoms with E-state index in [0.717, 1.165) is 0 Å². The second kappa shape index (κ2) is 5.04. The van der Waals surface area contributed by atoms with Gasteiger partial charge in [-0.3, -0.25) is 14.4 Å². The van der Waals surface area contributed by atoms with Crippen molar-refractivity contribution in [3.05, 3.63) is 35.9 Å². The number of rotatable bonds is 4. The maximum atomic E-state index is 11.8. The number of benzene rings is 1. The lowest BCUT2D eigenvalue weighted by Gasteiger charge is -2.05. The Hall–Kier alpha value is -1.77. The largest absolute Gasteiger partial charge is 0.299 e. The smallest absolute Gasteiger partial charge is 0.162 e. The summed E-state index contributed by atoms with van der Waals surface area (Å²) in [5.74, 6) is -0.535. The zero-order chi connectivity index (χ0) is 12.3. The third-order valence-corrected chi connectivity index (χ3v) is 3.15. The standard InChI is InChI=1S/C14H14O3/c15-12(10-4-2-1-3-5-10)7-6-11-13(16)8-9-14(11)17/h1-5,11H,6-9H2. The highest BCUT2D eigenvalue weighted by molar-refractivity contribution is 6.09. The van der Waals surface area contributed by atoms with Crippen LogP contribution in [0.2, 0.25) is 0 Å². The van der Waals surface area contributed by atoms with Crippen LogP contribution in [0.5, 0.6) is 0 Å². The predicted octanol–water partition coefficient (Wildman–Crippen LogP) is 2.20. The van der Waals surface area contributed by atoms with Crippen molar-refractivity contribution in [3.8, 4) is 0 Å². The van der Waals surface area contributed by atoms with Crippen LogP contribution in [0.3, 0.4) is 0 Å². The van der Waals surface area contributed by atoms with Crippen LogP contribution in [0.25, 0.3) is 0 Å². The third kappa shape index (κ3) is 2.67. The predicted molar refractivity (Wildman–Crippen MR) is 62.7 cm³/mol. The van der Waals surface area contributed by atoms with E-state index < -0.39 is 5.92 Å². The molecule has 1 fully saturated rings. The molecule has 0 spiro atoms. The van der Waals surface area contributed by atoms with Gasteiger partial charge in [0, 0.05) is 24.8 Å². The monoisotopic (exact) mass is 230 g/mol. The molecule has 1 aliphatic rings. The summed E-state index contributed by atoms with van der Waals surface area (Å²) in [5, 5.41) is 0. The van der Waals surface area contributed by atoms with Gasteiger partial charge in [0.2, 0.25) is 0 Å². The van der Waals surface area contributed by atoms with E-state index in [9.17, 15) is 14.4 Å². The first-order chi connectivity index (χ1) is 8.18. The number of ketones is 3. The van der Waals surface area contributed by atoms with Crippen molar-refractivity contribution in [1.29, 1.82) is 0 Å². The maximum Gasteiger partial charge on any atom is 0.162 e. The Balaban J connectivity index is 1.93. The minimum absolute atomic E-state index is 0.00176. The minimum atomic E-state index is -0.525. The van der Waals surface area contributed by atoms with Crippen LogP contribution in [0, 0.1) is 5.92 Å². The summed E-state index contributed by atoms with van der Waals surface area (Å²) in [4.78, 5) is 34.6. The molecule has 1 aromatic rings. The fourth-order valence-electron chi connectivity index (χ4n) is 2.14. The van der Waals surface area contributed by atoms with E-state index in [-0.39, 0.29) is 23.8 Å². The SMILES string of the molecule is O=C(CCC1C(=O)CCC1=O)c1ccccc1. The molecule has 0 bridgehead atoms. The van der Waals surface area contributed by atoms with Crippen LogP contribution in [0.4, 0.5) is 0 Å². The number of Topliss-reactive ketones (excluding diaryl/α,β-unsaturated/α-hetero) is 3. The highest BCUT2D eigenvalue weighted by Crippen LogP contribution is 2.23. The van der Waals surface area contributed by atoms with E-state index in [1.807, 2.05) is 6.07 Å². The summed E-state index contributed by atoms with van der Waals surface area (Å²) in [6.45, 7) is 0. The van der Waals surface area contributed by atoms with E-state index in [1.54, 1.807) is 24.3 Å². The first kappa shape index (κ1) is 11.7. The quantitative estimate of drug-likeness (QED) is 0.588. The van der Waals surface area contributed by atoms with Crippen molar-refractivity contribution in [3.63, 3.8) is 0 Å². The van der Waals surface area contributed by atoms with E-state index >= 15 is 0 Å². The molecule has 2 rings (SSSR count). The summed E-state index contributed by atoms with van der Waals surface area (Å²) in [5.41, 5.74) is 0.644. The van der Waals surface area contributed by atoms with Gasteiger partial charge >= 0.3 is 0 Å². The van der Waals surface area contributed by atoms with Crippen LogP contribution in [-0.2, 0) is 9.59 Å². The molecule has 88 valence electrons. The van der Waals surface area contributed by atoms with Gasteiger partial charge in [-0.05, 0) is 6.42 Å². The Morgan fingerprint density at radius 3 is 2.24 bits per heavy atom. The topological polar surface area (TPSA) is 51.2 Å². The average Bonchev–Trinajstić information content (AvgIpc) is 2.67. The van der Waals surface area contributed by atoms with Gasteiger partial charge in [-0.15, -0.1) is 0 Å². The molecule has 1 aliphatic carbocycles. The van der Waals surface area contributed by atoms with Crippen LogP contribution in [0.1, 0.15) is 36.0 Å². The molecule has 17 heavy (non-hydrogen) atoms. The summed E-state index contributed by atoms with van der Waals surface area (Å²) >= 11 is 0. The lowest BCUT2D eigenvalue weighted by Crippen LogP contribution is -2.15.